The van der Waals surface area contributed by atoms with Crippen molar-refractivity contribution in [2.45, 2.75) is 26.8 Å². The van der Waals surface area contributed by atoms with Crippen LogP contribution in [0.25, 0.3) is 10.2 Å². The molecule has 0 saturated carbocycles. The highest BCUT2D eigenvalue weighted by Gasteiger charge is 2.08. The van der Waals surface area contributed by atoms with Gasteiger partial charge in [0, 0.05) is 4.88 Å². The summed E-state index contributed by atoms with van der Waals surface area (Å²) < 4.78 is 1.36. The summed E-state index contributed by atoms with van der Waals surface area (Å²) in [5.41, 5.74) is -0.129. The SMILES string of the molecule is CCc1cc2c(=O)n(CC(C)=O)cnc2s1. The minimum atomic E-state index is -0.129. The number of carbonyl (C=O) groups excluding carboxylic acids is 1. The number of carbonyl (C=O) groups is 1. The zero-order chi connectivity index (χ0) is 11.7. The van der Waals surface area contributed by atoms with Crippen molar-refractivity contribution in [3.63, 3.8) is 0 Å². The van der Waals surface area contributed by atoms with Gasteiger partial charge < -0.3 is 0 Å². The first-order valence-electron chi connectivity index (χ1n) is 5.09. The number of nitrogens with zero attached hydrogens (tertiary/aromatic N) is 2. The van der Waals surface area contributed by atoms with Crippen LogP contribution in [0.4, 0.5) is 0 Å². The number of hydrogen-bond donors (Lipinski definition) is 0. The standard InChI is InChI=1S/C11H12N2O2S/c1-3-8-4-9-10(16-8)12-6-13(11(9)15)5-7(2)14/h4,6H,3,5H2,1-2H3. The van der Waals surface area contributed by atoms with Gasteiger partial charge in [0.05, 0.1) is 18.3 Å². The van der Waals surface area contributed by atoms with Gasteiger partial charge in [0.15, 0.2) is 0 Å². The summed E-state index contributed by atoms with van der Waals surface area (Å²) in [5.74, 6) is -0.0470. The van der Waals surface area contributed by atoms with Crippen molar-refractivity contribution in [1.82, 2.24) is 9.55 Å². The maximum atomic E-state index is 12.0. The number of aryl methyl sites for hydroxylation is 1. The van der Waals surface area contributed by atoms with Crippen molar-refractivity contribution < 1.29 is 4.79 Å². The Morgan fingerprint density at radius 2 is 2.31 bits per heavy atom. The first-order valence-corrected chi connectivity index (χ1v) is 5.90. The Hall–Kier alpha value is -1.49. The van der Waals surface area contributed by atoms with Gasteiger partial charge in [-0.25, -0.2) is 4.98 Å². The second-order valence-corrected chi connectivity index (χ2v) is 4.78. The van der Waals surface area contributed by atoms with E-state index in [-0.39, 0.29) is 17.9 Å². The van der Waals surface area contributed by atoms with Crippen molar-refractivity contribution in [3.05, 3.63) is 27.6 Å². The number of aromatic nitrogens is 2. The molecule has 0 N–H and O–H groups in total. The highest BCUT2D eigenvalue weighted by Crippen LogP contribution is 2.20. The van der Waals surface area contributed by atoms with Gasteiger partial charge in [0.25, 0.3) is 5.56 Å². The quantitative estimate of drug-likeness (QED) is 0.813. The lowest BCUT2D eigenvalue weighted by Crippen LogP contribution is -2.22. The largest absolute Gasteiger partial charge is 0.298 e. The summed E-state index contributed by atoms with van der Waals surface area (Å²) in [7, 11) is 0. The lowest BCUT2D eigenvalue weighted by Gasteiger charge is -2.00. The number of ketones is 1. The van der Waals surface area contributed by atoms with Gasteiger partial charge in [0.1, 0.15) is 10.6 Å². The average molecular weight is 236 g/mol. The van der Waals surface area contributed by atoms with Crippen LogP contribution < -0.4 is 5.56 Å². The molecule has 0 radical (unpaired) electrons. The molecule has 0 aromatic carbocycles. The molecule has 5 heteroatoms. The van der Waals surface area contributed by atoms with Crippen LogP contribution in [-0.2, 0) is 17.8 Å². The van der Waals surface area contributed by atoms with E-state index >= 15 is 0 Å². The minimum absolute atomic E-state index is 0.0470. The summed E-state index contributed by atoms with van der Waals surface area (Å²) in [6.07, 6.45) is 2.34. The number of hydrogen-bond acceptors (Lipinski definition) is 4. The van der Waals surface area contributed by atoms with Crippen molar-refractivity contribution in [2.75, 3.05) is 0 Å². The fourth-order valence-electron chi connectivity index (χ4n) is 1.54. The summed E-state index contributed by atoms with van der Waals surface area (Å²) in [6.45, 7) is 3.60. The monoisotopic (exact) mass is 236 g/mol. The van der Waals surface area contributed by atoms with Crippen LogP contribution in [0.15, 0.2) is 17.2 Å². The van der Waals surface area contributed by atoms with Crippen LogP contribution in [0.3, 0.4) is 0 Å². The maximum absolute atomic E-state index is 12.0. The van der Waals surface area contributed by atoms with Crippen molar-refractivity contribution >= 4 is 27.3 Å². The van der Waals surface area contributed by atoms with Crippen LogP contribution in [0.2, 0.25) is 0 Å². The molecule has 0 atom stereocenters. The average Bonchev–Trinajstić information content (AvgIpc) is 2.65. The van der Waals surface area contributed by atoms with Gasteiger partial charge in [-0.05, 0) is 19.4 Å². The third-order valence-corrected chi connectivity index (χ3v) is 3.50. The Morgan fingerprint density at radius 1 is 1.56 bits per heavy atom. The lowest BCUT2D eigenvalue weighted by molar-refractivity contribution is -0.117. The molecule has 0 saturated heterocycles. The topological polar surface area (TPSA) is 52.0 Å². The van der Waals surface area contributed by atoms with Gasteiger partial charge in [-0.2, -0.15) is 0 Å². The predicted molar refractivity (Wildman–Crippen MR) is 63.9 cm³/mol. The first-order chi connectivity index (χ1) is 7.61. The van der Waals surface area contributed by atoms with Gasteiger partial charge >= 0.3 is 0 Å². The third kappa shape index (κ3) is 1.90. The predicted octanol–water partition coefficient (Wildman–Crippen LogP) is 1.61. The van der Waals surface area contributed by atoms with Crippen LogP contribution in [0.1, 0.15) is 18.7 Å². The zero-order valence-electron chi connectivity index (χ0n) is 9.19. The van der Waals surface area contributed by atoms with E-state index in [2.05, 4.69) is 4.98 Å². The van der Waals surface area contributed by atoms with E-state index in [1.54, 1.807) is 0 Å². The van der Waals surface area contributed by atoms with E-state index in [0.717, 1.165) is 16.1 Å². The van der Waals surface area contributed by atoms with Crippen LogP contribution in [0, 0.1) is 0 Å². The Balaban J connectivity index is 2.59. The number of rotatable bonds is 3. The second kappa shape index (κ2) is 4.17. The van der Waals surface area contributed by atoms with E-state index in [1.165, 1.54) is 29.2 Å². The molecule has 0 bridgehead atoms. The molecule has 2 heterocycles. The highest BCUT2D eigenvalue weighted by atomic mass is 32.1. The number of fused-ring (bicyclic) bond motifs is 1. The molecule has 0 aliphatic carbocycles. The molecule has 0 spiro atoms. The lowest BCUT2D eigenvalue weighted by atomic mass is 10.3. The van der Waals surface area contributed by atoms with Gasteiger partial charge in [-0.1, -0.05) is 6.92 Å². The Morgan fingerprint density at radius 3 is 2.94 bits per heavy atom. The van der Waals surface area contributed by atoms with Gasteiger partial charge in [0.2, 0.25) is 0 Å². The Bertz CT molecular complexity index is 598. The molecule has 0 aliphatic heterocycles. The van der Waals surface area contributed by atoms with Crippen molar-refractivity contribution in [3.8, 4) is 0 Å². The fraction of sp³-hybridized carbons (Fsp3) is 0.364. The highest BCUT2D eigenvalue weighted by molar-refractivity contribution is 7.18. The molecule has 2 aromatic heterocycles. The van der Waals surface area contributed by atoms with E-state index < -0.39 is 0 Å². The molecule has 16 heavy (non-hydrogen) atoms. The smallest absolute Gasteiger partial charge is 0.262 e. The molecule has 2 aromatic rings. The van der Waals surface area contributed by atoms with E-state index in [9.17, 15) is 9.59 Å². The minimum Gasteiger partial charge on any atom is -0.298 e. The van der Waals surface area contributed by atoms with Crippen LogP contribution >= 0.6 is 11.3 Å². The zero-order valence-corrected chi connectivity index (χ0v) is 10.0. The summed E-state index contributed by atoms with van der Waals surface area (Å²) >= 11 is 1.53. The molecule has 4 nitrogen and oxygen atoms in total. The molecule has 0 amide bonds. The van der Waals surface area contributed by atoms with Crippen molar-refractivity contribution in [2.24, 2.45) is 0 Å². The molecule has 0 unspecified atom stereocenters. The third-order valence-electron chi connectivity index (χ3n) is 2.31. The second-order valence-electron chi connectivity index (χ2n) is 3.66. The summed E-state index contributed by atoms with van der Waals surface area (Å²) in [4.78, 5) is 29.0. The van der Waals surface area contributed by atoms with Gasteiger partial charge in [-0.15, -0.1) is 11.3 Å². The Kier molecular flexibility index (Phi) is 2.87. The van der Waals surface area contributed by atoms with Gasteiger partial charge in [-0.3, -0.25) is 14.2 Å². The van der Waals surface area contributed by atoms with Crippen LogP contribution in [0.5, 0.6) is 0 Å². The fourth-order valence-corrected chi connectivity index (χ4v) is 2.46. The van der Waals surface area contributed by atoms with E-state index in [0.29, 0.717) is 5.39 Å². The molecule has 0 aliphatic rings. The number of Topliss-reactive ketones (excluding diaryl/α,β-unsaturated/α-hetero) is 1. The molecule has 0 fully saturated rings. The van der Waals surface area contributed by atoms with E-state index in [1.807, 2.05) is 13.0 Å². The molecule has 84 valence electrons. The molecule has 2 rings (SSSR count). The summed E-state index contributed by atoms with van der Waals surface area (Å²) in [6, 6.07) is 1.87. The first kappa shape index (κ1) is 11.0. The maximum Gasteiger partial charge on any atom is 0.262 e. The number of thiophene rings is 1. The van der Waals surface area contributed by atoms with Crippen molar-refractivity contribution in [1.29, 1.82) is 0 Å². The molecular weight excluding hydrogens is 224 g/mol. The summed E-state index contributed by atoms with van der Waals surface area (Å²) in [5, 5.41) is 0.616. The van der Waals surface area contributed by atoms with E-state index in [4.69, 9.17) is 0 Å². The normalized spacial score (nSPS) is 10.9. The molecular formula is C11H12N2O2S. The Labute approximate surface area is 96.6 Å². The van der Waals surface area contributed by atoms with Crippen LogP contribution in [-0.4, -0.2) is 15.3 Å².